The van der Waals surface area contributed by atoms with E-state index in [0.29, 0.717) is 5.92 Å². The van der Waals surface area contributed by atoms with Crippen molar-refractivity contribution in [1.29, 1.82) is 0 Å². The zero-order valence-electron chi connectivity index (χ0n) is 12.7. The van der Waals surface area contributed by atoms with Gasteiger partial charge in [0.2, 0.25) is 0 Å². The third-order valence-corrected chi connectivity index (χ3v) is 5.10. The lowest BCUT2D eigenvalue weighted by Gasteiger charge is -2.31. The molecule has 1 N–H and O–H groups in total. The summed E-state index contributed by atoms with van der Waals surface area (Å²) in [5.74, 6) is 0.896. The van der Waals surface area contributed by atoms with Crippen LogP contribution < -0.4 is 5.32 Å². The lowest BCUT2D eigenvalue weighted by molar-refractivity contribution is 0.0695. The Morgan fingerprint density at radius 2 is 2.15 bits per heavy atom. The summed E-state index contributed by atoms with van der Waals surface area (Å²) in [6, 6.07) is 0. The minimum atomic E-state index is 0.185. The van der Waals surface area contributed by atoms with Gasteiger partial charge < -0.3 is 10.2 Å². The summed E-state index contributed by atoms with van der Waals surface area (Å²) in [5, 5.41) is 4.32. The fourth-order valence-electron chi connectivity index (χ4n) is 2.74. The van der Waals surface area contributed by atoms with Gasteiger partial charge in [-0.15, -0.1) is 11.3 Å². The van der Waals surface area contributed by atoms with Gasteiger partial charge in [0.1, 0.15) is 4.88 Å². The first-order valence-corrected chi connectivity index (χ1v) is 8.37. The quantitative estimate of drug-likeness (QED) is 0.907. The van der Waals surface area contributed by atoms with Gasteiger partial charge in [-0.1, -0.05) is 6.92 Å². The summed E-state index contributed by atoms with van der Waals surface area (Å²) in [5.41, 5.74) is 0.904. The van der Waals surface area contributed by atoms with Crippen LogP contribution in [0.15, 0.2) is 0 Å². The summed E-state index contributed by atoms with van der Waals surface area (Å²) in [6.45, 7) is 6.92. The van der Waals surface area contributed by atoms with Crippen LogP contribution in [0.2, 0.25) is 0 Å². The molecule has 0 aliphatic carbocycles. The average Bonchev–Trinajstić information content (AvgIpc) is 2.80. The molecule has 0 radical (unpaired) electrons. The van der Waals surface area contributed by atoms with Crippen LogP contribution in [0.3, 0.4) is 0 Å². The van der Waals surface area contributed by atoms with E-state index >= 15 is 0 Å². The molecule has 0 atom stereocenters. The minimum Gasteiger partial charge on any atom is -0.338 e. The molecule has 0 bridgehead atoms. The number of thiazole rings is 1. The molecular weight excluding hydrogens is 270 g/mol. The maximum atomic E-state index is 12.6. The van der Waals surface area contributed by atoms with Crippen molar-refractivity contribution in [2.24, 2.45) is 5.92 Å². The third kappa shape index (κ3) is 3.58. The molecule has 0 spiro atoms. The zero-order chi connectivity index (χ0) is 14.5. The Morgan fingerprint density at radius 3 is 2.75 bits per heavy atom. The highest BCUT2D eigenvalue weighted by molar-refractivity contribution is 7.13. The predicted molar refractivity (Wildman–Crippen MR) is 83.4 cm³/mol. The average molecular weight is 295 g/mol. The molecule has 0 saturated carbocycles. The first-order chi connectivity index (χ1) is 9.65. The van der Waals surface area contributed by atoms with Crippen molar-refractivity contribution in [3.63, 3.8) is 0 Å². The molecule has 20 heavy (non-hydrogen) atoms. The molecule has 2 heterocycles. The highest BCUT2D eigenvalue weighted by atomic mass is 32.1. The zero-order valence-corrected chi connectivity index (χ0v) is 13.6. The fourth-order valence-corrected chi connectivity index (χ4v) is 3.88. The Bertz CT molecular complexity index is 450. The molecule has 1 aliphatic heterocycles. The van der Waals surface area contributed by atoms with Gasteiger partial charge in [0.05, 0.1) is 10.7 Å². The van der Waals surface area contributed by atoms with Crippen molar-refractivity contribution in [1.82, 2.24) is 15.2 Å². The van der Waals surface area contributed by atoms with E-state index in [-0.39, 0.29) is 5.91 Å². The van der Waals surface area contributed by atoms with Gasteiger partial charge in [0.15, 0.2) is 0 Å². The van der Waals surface area contributed by atoms with E-state index in [1.807, 2.05) is 18.9 Å². The number of amides is 1. The monoisotopic (exact) mass is 295 g/mol. The van der Waals surface area contributed by atoms with Gasteiger partial charge in [-0.25, -0.2) is 4.98 Å². The topological polar surface area (TPSA) is 45.2 Å². The fraction of sp³-hybridized carbons (Fsp3) is 0.733. The number of aryl methyl sites for hydroxylation is 2. The number of piperidine rings is 1. The van der Waals surface area contributed by atoms with Crippen LogP contribution in [0.25, 0.3) is 0 Å². The summed E-state index contributed by atoms with van der Waals surface area (Å²) in [4.78, 5) is 20.0. The number of nitrogens with zero attached hydrogens (tertiary/aromatic N) is 2. The maximum Gasteiger partial charge on any atom is 0.265 e. The molecule has 112 valence electrons. The first kappa shape index (κ1) is 15.4. The molecule has 1 aromatic heterocycles. The standard InChI is InChI=1S/C15H25N3OS/c1-4-5-13-17-11(2)14(20-13)15(19)18-8-6-12(7-9-18)10-16-3/h12,16H,4-10H2,1-3H3. The lowest BCUT2D eigenvalue weighted by atomic mass is 9.97. The maximum absolute atomic E-state index is 12.6. The Morgan fingerprint density at radius 1 is 1.45 bits per heavy atom. The van der Waals surface area contributed by atoms with Gasteiger partial charge in [0, 0.05) is 13.1 Å². The molecule has 0 unspecified atom stereocenters. The van der Waals surface area contributed by atoms with E-state index in [4.69, 9.17) is 0 Å². The lowest BCUT2D eigenvalue weighted by Crippen LogP contribution is -2.40. The van der Waals surface area contributed by atoms with Crippen molar-refractivity contribution in [2.75, 3.05) is 26.7 Å². The smallest absolute Gasteiger partial charge is 0.265 e. The summed E-state index contributed by atoms with van der Waals surface area (Å²) in [7, 11) is 1.99. The van der Waals surface area contributed by atoms with Crippen LogP contribution in [-0.2, 0) is 6.42 Å². The second-order valence-electron chi connectivity index (χ2n) is 5.57. The molecule has 1 fully saturated rings. The summed E-state index contributed by atoms with van der Waals surface area (Å²) in [6.07, 6.45) is 4.26. The molecule has 1 aromatic rings. The summed E-state index contributed by atoms with van der Waals surface area (Å²) < 4.78 is 0. The predicted octanol–water partition coefficient (Wildman–Crippen LogP) is 2.48. The minimum absolute atomic E-state index is 0.185. The number of aromatic nitrogens is 1. The molecule has 4 nitrogen and oxygen atoms in total. The number of carbonyl (C=O) groups excluding carboxylic acids is 1. The molecule has 2 rings (SSSR count). The van der Waals surface area contributed by atoms with Crippen molar-refractivity contribution in [3.05, 3.63) is 15.6 Å². The number of carbonyl (C=O) groups is 1. The van der Waals surface area contributed by atoms with E-state index in [9.17, 15) is 4.79 Å². The molecule has 5 heteroatoms. The number of hydrogen-bond acceptors (Lipinski definition) is 4. The summed E-state index contributed by atoms with van der Waals surface area (Å²) >= 11 is 1.58. The van der Waals surface area contributed by atoms with Gasteiger partial charge in [-0.05, 0) is 52.1 Å². The Hall–Kier alpha value is -0.940. The van der Waals surface area contributed by atoms with Crippen LogP contribution in [0.5, 0.6) is 0 Å². The van der Waals surface area contributed by atoms with E-state index in [2.05, 4.69) is 17.2 Å². The molecule has 1 amide bonds. The number of likely N-dealkylation sites (tertiary alicyclic amines) is 1. The van der Waals surface area contributed by atoms with Crippen LogP contribution in [0.1, 0.15) is 46.6 Å². The Kier molecular flexibility index (Phi) is 5.54. The molecule has 1 saturated heterocycles. The van der Waals surface area contributed by atoms with Crippen LogP contribution in [0, 0.1) is 12.8 Å². The van der Waals surface area contributed by atoms with Crippen molar-refractivity contribution >= 4 is 17.2 Å². The van der Waals surface area contributed by atoms with Crippen molar-refractivity contribution < 1.29 is 4.79 Å². The van der Waals surface area contributed by atoms with Gasteiger partial charge >= 0.3 is 0 Å². The Labute approximate surface area is 125 Å². The largest absolute Gasteiger partial charge is 0.338 e. The number of nitrogens with one attached hydrogen (secondary N) is 1. The Balaban J connectivity index is 1.98. The normalized spacial score (nSPS) is 16.6. The second-order valence-corrected chi connectivity index (χ2v) is 6.65. The van der Waals surface area contributed by atoms with E-state index in [1.54, 1.807) is 11.3 Å². The number of hydrogen-bond donors (Lipinski definition) is 1. The molecule has 0 aromatic carbocycles. The van der Waals surface area contributed by atoms with Gasteiger partial charge in [0.25, 0.3) is 5.91 Å². The van der Waals surface area contributed by atoms with Crippen LogP contribution in [0.4, 0.5) is 0 Å². The highest BCUT2D eigenvalue weighted by Crippen LogP contribution is 2.24. The second kappa shape index (κ2) is 7.18. The van der Waals surface area contributed by atoms with E-state index in [1.165, 1.54) is 0 Å². The van der Waals surface area contributed by atoms with Crippen LogP contribution >= 0.6 is 11.3 Å². The van der Waals surface area contributed by atoms with E-state index in [0.717, 1.165) is 60.9 Å². The van der Waals surface area contributed by atoms with Crippen molar-refractivity contribution in [3.8, 4) is 0 Å². The van der Waals surface area contributed by atoms with E-state index < -0.39 is 0 Å². The molecular formula is C15H25N3OS. The SMILES string of the molecule is CCCc1nc(C)c(C(=O)N2CCC(CNC)CC2)s1. The van der Waals surface area contributed by atoms with Crippen molar-refractivity contribution in [2.45, 2.75) is 39.5 Å². The van der Waals surface area contributed by atoms with Crippen LogP contribution in [-0.4, -0.2) is 42.5 Å². The number of rotatable bonds is 5. The molecule has 1 aliphatic rings. The third-order valence-electron chi connectivity index (χ3n) is 3.89. The first-order valence-electron chi connectivity index (χ1n) is 7.55. The van der Waals surface area contributed by atoms with Gasteiger partial charge in [-0.2, -0.15) is 0 Å². The highest BCUT2D eigenvalue weighted by Gasteiger charge is 2.25. The van der Waals surface area contributed by atoms with Gasteiger partial charge in [-0.3, -0.25) is 4.79 Å².